The van der Waals surface area contributed by atoms with Crippen LogP contribution in [0.1, 0.15) is 168 Å². The molecule has 124 heavy (non-hydrogen) atoms. The second-order valence-electron chi connectivity index (χ2n) is 32.0. The van der Waals surface area contributed by atoms with Crippen LogP contribution < -0.4 is 30.2 Å². The molecule has 0 spiro atoms. The van der Waals surface area contributed by atoms with Crippen molar-refractivity contribution in [1.29, 1.82) is 5.26 Å². The number of ether oxygens (including phenoxy) is 3. The van der Waals surface area contributed by atoms with Gasteiger partial charge < -0.3 is 44.9 Å². The maximum Gasteiger partial charge on any atom is 0.307 e. The fourth-order valence-electron chi connectivity index (χ4n) is 17.2. The zero-order chi connectivity index (χ0) is 88.7. The topological polar surface area (TPSA) is 178 Å². The number of methoxy groups -OCH3 is 3. The Bertz CT molecular complexity index is 5970. The van der Waals surface area contributed by atoms with Gasteiger partial charge in [0.05, 0.1) is 67.5 Å². The third-order valence-corrected chi connectivity index (χ3v) is 29.1. The second kappa shape index (κ2) is 40.2. The molecule has 3 N–H and O–H groups in total. The smallest absolute Gasteiger partial charge is 0.307 e. The molecule has 4 heterocycles. The third kappa shape index (κ3) is 20.1. The minimum atomic E-state index is -3.48. The van der Waals surface area contributed by atoms with Crippen molar-refractivity contribution < 1.29 is 59.7 Å². The molecule has 27 heteroatoms. The van der Waals surface area contributed by atoms with Gasteiger partial charge >= 0.3 is 5.92 Å². The van der Waals surface area contributed by atoms with Crippen molar-refractivity contribution in [3.8, 4) is 56.7 Å². The molecule has 0 radical (unpaired) electrons. The number of nitrogens with one attached hydrogen (secondary N) is 3. The standard InChI is InChI=1S/C33H31ClF4N2O3S.C32H35ClFN3O2S.C32H31ClFN3O2S/c1-33(37,38)31(41)19-6-4-18(5-7-19)20-8-15-26(43-3)21(16-20)17-40(23-11-9-22(39-2)10-12-23)32(42)30-28(34)27-24(35)13-14-25(36)29(27)44-30;1-18-6-12-26(34)30-28(18)29(33)31(40-30)32(38)37(25-10-8-24(35-4)9-11-25)17-23-16-21(7-13-27(23)39-5)22-14-19(2)36-20(3)15-22;1-19-4-14-26(34)30-28(19)29(33)31(40-30)32(38)37(25-12-10-24(36-2)11-13-25)18-23-16-22(9-15-27(23)39-3)21-7-5-20(17-35)6-8-21/h4-8,13-16,22-23,39H,9-12,17H2,1-3H3;6-7,12-16,24-25,35H,8-11,17H2,1-5H3;4-9,14-16,24-25,36H,10-13,18H2,1-3H3. The highest BCUT2D eigenvalue weighted by Gasteiger charge is 2.39. The average molecular weight is 1800 g/mol. The molecule has 15 rings (SSSR count). The van der Waals surface area contributed by atoms with Gasteiger partial charge in [-0.05, 0) is 255 Å². The number of carbonyl (C=O) groups is 4. The molecule has 8 aromatic carbocycles. The lowest BCUT2D eigenvalue weighted by Crippen LogP contribution is -2.44. The summed E-state index contributed by atoms with van der Waals surface area (Å²) in [4.78, 5) is 65.7. The summed E-state index contributed by atoms with van der Waals surface area (Å²) in [6, 6.07) is 46.3. The first kappa shape index (κ1) is 91.8. The minimum absolute atomic E-state index is 0.00703. The van der Waals surface area contributed by atoms with E-state index in [4.69, 9.17) is 49.0 Å². The Morgan fingerprint density at radius 2 is 0.742 bits per heavy atom. The maximum absolute atomic E-state index is 14.8. The van der Waals surface area contributed by atoms with E-state index in [1.807, 2.05) is 107 Å². The van der Waals surface area contributed by atoms with E-state index in [2.05, 4.69) is 45.2 Å². The number of ketones is 1. The molecule has 0 atom stereocenters. The first-order valence-electron chi connectivity index (χ1n) is 41.2. The van der Waals surface area contributed by atoms with Crippen LogP contribution in [0.3, 0.4) is 0 Å². The number of aromatic nitrogens is 1. The van der Waals surface area contributed by atoms with Crippen molar-refractivity contribution in [3.05, 3.63) is 255 Å². The number of pyridine rings is 1. The molecule has 0 unspecified atom stereocenters. The number of halogens is 9. The zero-order valence-electron chi connectivity index (χ0n) is 70.7. The molecule has 0 saturated heterocycles. The quantitative estimate of drug-likeness (QED) is 0.0408. The number of thiophene rings is 3. The number of fused-ring (bicyclic) bond motifs is 3. The summed E-state index contributed by atoms with van der Waals surface area (Å²) in [5.74, 6) is -5.69. The number of aryl methyl sites for hydroxylation is 4. The Morgan fingerprint density at radius 1 is 0.435 bits per heavy atom. The lowest BCUT2D eigenvalue weighted by Gasteiger charge is -2.37. The maximum atomic E-state index is 14.8. The number of hydrogen-bond acceptors (Lipinski definition) is 15. The summed E-state index contributed by atoms with van der Waals surface area (Å²) in [7, 11) is 10.7. The number of carbonyl (C=O) groups excluding carboxylic acids is 4. The Balaban J connectivity index is 0.000000160. The van der Waals surface area contributed by atoms with Gasteiger partial charge in [0.15, 0.2) is 0 Å². The monoisotopic (exact) mass is 1800 g/mol. The number of nitrogens with zero attached hydrogens (tertiary/aromatic N) is 5. The average Bonchev–Trinajstić information content (AvgIpc) is 1.62. The molecule has 3 fully saturated rings. The molecule has 3 aliphatic carbocycles. The fourth-order valence-corrected chi connectivity index (χ4v) is 22.0. The highest BCUT2D eigenvalue weighted by Crippen LogP contribution is 2.46. The van der Waals surface area contributed by atoms with E-state index in [0.29, 0.717) is 119 Å². The predicted molar refractivity (Wildman–Crippen MR) is 487 cm³/mol. The number of benzene rings is 8. The van der Waals surface area contributed by atoms with E-state index in [1.165, 1.54) is 31.4 Å². The second-order valence-corrected chi connectivity index (χ2v) is 36.2. The van der Waals surface area contributed by atoms with Gasteiger partial charge in [-0.1, -0.05) is 102 Å². The van der Waals surface area contributed by atoms with Gasteiger partial charge in [0.2, 0.25) is 5.78 Å². The number of alkyl halides is 2. The van der Waals surface area contributed by atoms with Crippen LogP contribution >= 0.6 is 68.8 Å². The molecule has 0 aliphatic heterocycles. The summed E-state index contributed by atoms with van der Waals surface area (Å²) >= 11 is 23.2. The van der Waals surface area contributed by atoms with Gasteiger partial charge in [0.1, 0.15) is 55.1 Å². The van der Waals surface area contributed by atoms with E-state index in [9.17, 15) is 50.8 Å². The van der Waals surface area contributed by atoms with Crippen LogP contribution in [0.2, 0.25) is 15.1 Å². The number of rotatable bonds is 23. The third-order valence-electron chi connectivity index (χ3n) is 24.1. The van der Waals surface area contributed by atoms with Gasteiger partial charge in [0.25, 0.3) is 17.7 Å². The van der Waals surface area contributed by atoms with Crippen molar-refractivity contribution in [2.75, 3.05) is 42.5 Å². The molecule has 3 saturated carbocycles. The molecule has 12 aromatic rings. The summed E-state index contributed by atoms with van der Waals surface area (Å²) in [6.45, 7) is 9.13. The van der Waals surface area contributed by atoms with Crippen LogP contribution in [0.5, 0.6) is 17.2 Å². The molecule has 0 bridgehead atoms. The van der Waals surface area contributed by atoms with Gasteiger partial charge in [-0.25, -0.2) is 17.6 Å². The van der Waals surface area contributed by atoms with Crippen molar-refractivity contribution in [2.45, 2.75) is 173 Å². The van der Waals surface area contributed by atoms with Gasteiger partial charge in [-0.15, -0.1) is 34.0 Å². The van der Waals surface area contributed by atoms with Crippen LogP contribution in [0, 0.1) is 62.3 Å². The highest BCUT2D eigenvalue weighted by atomic mass is 35.5. The molecular formula is C97H97Cl3F6N8O7S3. The van der Waals surface area contributed by atoms with Crippen LogP contribution in [0.15, 0.2) is 152 Å². The summed E-state index contributed by atoms with van der Waals surface area (Å²) in [6.07, 6.45) is 10.4. The SMILES string of the molecule is CNC1CCC(N(Cc2cc(-c3cc(C)nc(C)c3)ccc2OC)C(=O)c2sc3c(F)ccc(C)c3c2Cl)CC1.CNC1CCC(N(Cc2cc(-c3ccc(C#N)cc3)ccc2OC)C(=O)c2sc3c(F)ccc(C)c3c2Cl)CC1.CNC1CCC(N(Cc2cc(-c3ccc(C(=O)C(C)(F)F)cc3)ccc2OC)C(=O)c2sc3c(F)ccc(F)c3c2Cl)CC1. The largest absolute Gasteiger partial charge is 0.496 e. The van der Waals surface area contributed by atoms with Crippen LogP contribution in [-0.2, 0) is 19.6 Å². The van der Waals surface area contributed by atoms with E-state index < -0.39 is 29.2 Å². The Morgan fingerprint density at radius 3 is 1.06 bits per heavy atom. The molecular weight excluding hydrogens is 1710 g/mol. The van der Waals surface area contributed by atoms with Gasteiger partial charge in [0, 0.05) is 107 Å². The van der Waals surface area contributed by atoms with E-state index in [1.54, 1.807) is 67.7 Å². The van der Waals surface area contributed by atoms with Crippen LogP contribution in [-0.4, -0.2) is 128 Å². The van der Waals surface area contributed by atoms with E-state index in [0.717, 1.165) is 178 Å². The summed E-state index contributed by atoms with van der Waals surface area (Å²) in [5.41, 5.74) is 12.0. The highest BCUT2D eigenvalue weighted by molar-refractivity contribution is 7.22. The number of Topliss-reactive ketones (excluding diaryl/α,β-unsaturated/α-hetero) is 1. The Labute approximate surface area is 745 Å². The predicted octanol–water partition coefficient (Wildman–Crippen LogP) is 24.1. The minimum Gasteiger partial charge on any atom is -0.496 e. The molecule has 648 valence electrons. The lowest BCUT2D eigenvalue weighted by molar-refractivity contribution is 0.0221. The molecule has 4 aromatic heterocycles. The zero-order valence-corrected chi connectivity index (χ0v) is 75.4. The molecule has 3 aliphatic rings. The number of amides is 3. The fraction of sp³-hybridized carbons (Fsp3) is 0.340. The van der Waals surface area contributed by atoms with E-state index >= 15 is 0 Å². The Hall–Kier alpha value is -9.91. The first-order chi connectivity index (χ1) is 59.5. The number of nitriles is 1. The summed E-state index contributed by atoms with van der Waals surface area (Å²) in [5, 5.41) is 20.8. The number of hydrogen-bond donors (Lipinski definition) is 3. The van der Waals surface area contributed by atoms with Crippen LogP contribution in [0.4, 0.5) is 26.3 Å². The van der Waals surface area contributed by atoms with Crippen molar-refractivity contribution in [2.24, 2.45) is 0 Å². The van der Waals surface area contributed by atoms with Crippen LogP contribution in [0.25, 0.3) is 63.6 Å². The van der Waals surface area contributed by atoms with Gasteiger partial charge in [-0.3, -0.25) is 24.2 Å². The first-order valence-corrected chi connectivity index (χ1v) is 44.8. The molecule has 3 amide bonds. The molecule has 15 nitrogen and oxygen atoms in total. The normalized spacial score (nSPS) is 17.1. The van der Waals surface area contributed by atoms with Crippen molar-refractivity contribution >= 4 is 123 Å². The van der Waals surface area contributed by atoms with Crippen molar-refractivity contribution in [3.63, 3.8) is 0 Å². The lowest BCUT2D eigenvalue weighted by atomic mass is 9.89. The Kier molecular flexibility index (Phi) is 29.7. The van der Waals surface area contributed by atoms with E-state index in [-0.39, 0.29) is 73.7 Å². The van der Waals surface area contributed by atoms with Gasteiger partial charge in [-0.2, -0.15) is 14.0 Å². The summed E-state index contributed by atoms with van der Waals surface area (Å²) < 4.78 is 104. The van der Waals surface area contributed by atoms with Crippen molar-refractivity contribution in [1.82, 2.24) is 35.6 Å².